The van der Waals surface area contributed by atoms with Crippen LogP contribution in [-0.2, 0) is 30.3 Å². The van der Waals surface area contributed by atoms with E-state index in [1.165, 1.54) is 89.7 Å². The predicted octanol–water partition coefficient (Wildman–Crippen LogP) is 16.1. The van der Waals surface area contributed by atoms with E-state index in [0.29, 0.717) is 5.95 Å². The summed E-state index contributed by atoms with van der Waals surface area (Å²) in [4.78, 5) is 25.7. The fourth-order valence-corrected chi connectivity index (χ4v) is 11.3. The van der Waals surface area contributed by atoms with Gasteiger partial charge in [-0.3, -0.25) is 14.3 Å². The number of carbonyl (C=O) groups is 1. The van der Waals surface area contributed by atoms with Gasteiger partial charge in [0.1, 0.15) is 0 Å². The maximum absolute atomic E-state index is 10.0. The van der Waals surface area contributed by atoms with E-state index in [4.69, 9.17) is 20.1 Å². The molecule has 0 unspecified atom stereocenters. The van der Waals surface area contributed by atoms with Crippen molar-refractivity contribution in [3.8, 4) is 39.7 Å². The second-order valence-corrected chi connectivity index (χ2v) is 19.2. The number of hydrogen-bond acceptors (Lipinski definition) is 6. The number of carbonyl (C=O) groups excluding carboxylic acids is 1. The first kappa shape index (κ1) is 46.1. The SMILES string of the molecule is CC(=O)C=C(C)O.CC1(C)c2ccccc2-c2c1c1ccc3c4ccccc4sc3c1n2-c1nc(-c2ccccc2)c2ccc3ccccc3c2n1.Cc1cc2ccccc2nc1-c1[c-]cccc1.[Ir]. The van der Waals surface area contributed by atoms with Crippen molar-refractivity contribution >= 4 is 80.8 Å². The Hall–Kier alpha value is -7.61. The second kappa shape index (κ2) is 18.7. The van der Waals surface area contributed by atoms with Crippen molar-refractivity contribution in [2.45, 2.75) is 40.0 Å². The van der Waals surface area contributed by atoms with Gasteiger partial charge >= 0.3 is 0 Å². The van der Waals surface area contributed by atoms with Gasteiger partial charge in [0.2, 0.25) is 5.95 Å². The standard InChI is InChI=1S/C41H27N3S.C16H12N.C5H8O2.Ir/c1-41(2)32-18-10-8-17-29(32)37-34(41)30-23-22-28-27-16-9-11-19-33(27)45-39(28)38(30)44(37)40-42-35(25-13-4-3-5-14-25)31-21-20-24-12-6-7-15-26(24)36(31)43-40;1-12-11-14-9-5-6-10-15(14)17-16(12)13-7-3-2-4-8-13;1-4(6)3-5(2)7;/h3-23H,1-2H3;2-7,9-11H,1H3;3,6H,1-2H3;/q;-1;;. The molecule has 0 atom stereocenters. The Kier molecular flexibility index (Phi) is 12.3. The van der Waals surface area contributed by atoms with Crippen LogP contribution in [0.25, 0.3) is 103 Å². The van der Waals surface area contributed by atoms with Crippen LogP contribution in [0.1, 0.15) is 44.4 Å². The number of para-hydroxylation sites is 1. The molecule has 70 heavy (non-hydrogen) atoms. The van der Waals surface area contributed by atoms with E-state index >= 15 is 0 Å². The Labute approximate surface area is 424 Å². The average molecular weight is 1100 g/mol. The molecule has 0 saturated carbocycles. The molecule has 8 heteroatoms. The van der Waals surface area contributed by atoms with Gasteiger partial charge in [0.15, 0.2) is 5.78 Å². The van der Waals surface area contributed by atoms with Crippen LogP contribution in [0.2, 0.25) is 0 Å². The van der Waals surface area contributed by atoms with Crippen molar-refractivity contribution in [3.63, 3.8) is 0 Å². The maximum atomic E-state index is 10.0. The smallest absolute Gasteiger partial charge is 0.235 e. The molecule has 1 aliphatic carbocycles. The first-order chi connectivity index (χ1) is 33.6. The third-order valence-corrected chi connectivity index (χ3v) is 14.3. The number of ketones is 1. The molecule has 0 saturated heterocycles. The number of nitrogens with zero attached hydrogens (tertiary/aromatic N) is 4. The van der Waals surface area contributed by atoms with Gasteiger partial charge in [-0.2, -0.15) is 0 Å². The van der Waals surface area contributed by atoms with Crippen molar-refractivity contribution in [1.82, 2.24) is 19.5 Å². The fraction of sp³-hybridized carbons (Fsp3) is 0.0968. The van der Waals surface area contributed by atoms with Crippen LogP contribution < -0.4 is 0 Å². The van der Waals surface area contributed by atoms with E-state index in [-0.39, 0.29) is 37.1 Å². The van der Waals surface area contributed by atoms with Crippen molar-refractivity contribution in [3.05, 3.63) is 217 Å². The van der Waals surface area contributed by atoms with E-state index < -0.39 is 0 Å². The molecule has 1 radical (unpaired) electrons. The Morgan fingerprint density at radius 3 is 2.09 bits per heavy atom. The number of fused-ring (bicyclic) bond motifs is 13. The number of benzene rings is 8. The topological polar surface area (TPSA) is 80.9 Å². The molecule has 0 spiro atoms. The van der Waals surface area contributed by atoms with Gasteiger partial charge in [0.05, 0.1) is 38.4 Å². The first-order valence-corrected chi connectivity index (χ1v) is 23.9. The number of aryl methyl sites for hydroxylation is 1. The van der Waals surface area contributed by atoms with Crippen molar-refractivity contribution < 1.29 is 30.0 Å². The van der Waals surface area contributed by atoms with Crippen LogP contribution in [0.3, 0.4) is 0 Å². The number of hydrogen-bond donors (Lipinski definition) is 1. The monoisotopic (exact) mass is 1100 g/mol. The number of aromatic nitrogens is 4. The van der Waals surface area contributed by atoms with Crippen LogP contribution in [0, 0.1) is 13.0 Å². The van der Waals surface area contributed by atoms with E-state index in [0.717, 1.165) is 44.3 Å². The van der Waals surface area contributed by atoms with Crippen LogP contribution in [0.5, 0.6) is 0 Å². The Morgan fingerprint density at radius 1 is 0.657 bits per heavy atom. The van der Waals surface area contributed by atoms with Gasteiger partial charge < -0.3 is 5.11 Å². The zero-order valence-electron chi connectivity index (χ0n) is 39.3. The molecule has 4 aromatic heterocycles. The molecule has 0 amide bonds. The largest absolute Gasteiger partial charge is 0.512 e. The summed E-state index contributed by atoms with van der Waals surface area (Å²) in [6.45, 7) is 9.66. The van der Waals surface area contributed by atoms with Gasteiger partial charge in [-0.15, -0.1) is 47.2 Å². The predicted molar refractivity (Wildman–Crippen MR) is 288 cm³/mol. The number of thiophene rings is 1. The molecule has 8 aromatic carbocycles. The Balaban J connectivity index is 0.000000188. The van der Waals surface area contributed by atoms with Gasteiger partial charge in [0.25, 0.3) is 0 Å². The van der Waals surface area contributed by atoms with Gasteiger partial charge in [0, 0.05) is 74.4 Å². The summed E-state index contributed by atoms with van der Waals surface area (Å²) in [7, 11) is 0. The van der Waals surface area contributed by atoms with Crippen LogP contribution in [0.15, 0.2) is 194 Å². The number of rotatable bonds is 4. The summed E-state index contributed by atoms with van der Waals surface area (Å²) in [5.41, 5.74) is 13.5. The number of pyridine rings is 1. The van der Waals surface area contributed by atoms with Gasteiger partial charge in [-0.1, -0.05) is 159 Å². The Morgan fingerprint density at radius 2 is 1.33 bits per heavy atom. The molecule has 4 heterocycles. The molecular weight excluding hydrogens is 1060 g/mol. The molecule has 1 N–H and O–H groups in total. The van der Waals surface area contributed by atoms with Crippen molar-refractivity contribution in [1.29, 1.82) is 0 Å². The third kappa shape index (κ3) is 8.08. The fourth-order valence-electron chi connectivity index (χ4n) is 10.1. The minimum absolute atomic E-state index is 0. The van der Waals surface area contributed by atoms with Crippen molar-refractivity contribution in [2.24, 2.45) is 0 Å². The molecule has 0 aliphatic heterocycles. The number of aliphatic hydroxyl groups excluding tert-OH is 1. The number of allylic oxidation sites excluding steroid dienone is 2. The average Bonchev–Trinajstić information content (AvgIpc) is 4.00. The maximum Gasteiger partial charge on any atom is 0.235 e. The van der Waals surface area contributed by atoms with Crippen LogP contribution in [-0.4, -0.2) is 30.4 Å². The zero-order chi connectivity index (χ0) is 47.4. The minimum Gasteiger partial charge on any atom is -0.512 e. The molecule has 0 fully saturated rings. The summed E-state index contributed by atoms with van der Waals surface area (Å²) in [6.07, 6.45) is 1.17. The molecular formula is C62H47IrN4O2S-. The summed E-state index contributed by atoms with van der Waals surface area (Å²) < 4.78 is 4.96. The Bertz CT molecular complexity index is 4000. The molecule has 6 nitrogen and oxygen atoms in total. The van der Waals surface area contributed by atoms with Crippen LogP contribution in [0.4, 0.5) is 0 Å². The van der Waals surface area contributed by atoms with E-state index in [1.807, 2.05) is 53.8 Å². The van der Waals surface area contributed by atoms with Crippen LogP contribution >= 0.6 is 11.3 Å². The quantitative estimate of drug-likeness (QED) is 0.0822. The van der Waals surface area contributed by atoms with Gasteiger partial charge in [-0.05, 0) is 66.6 Å². The molecule has 13 rings (SSSR count). The van der Waals surface area contributed by atoms with Crippen molar-refractivity contribution in [2.75, 3.05) is 0 Å². The van der Waals surface area contributed by atoms with E-state index in [1.54, 1.807) is 0 Å². The summed E-state index contributed by atoms with van der Waals surface area (Å²) in [6, 6.07) is 67.3. The summed E-state index contributed by atoms with van der Waals surface area (Å²) in [5.74, 6) is 0.647. The van der Waals surface area contributed by atoms with E-state index in [9.17, 15) is 4.79 Å². The number of aliphatic hydroxyl groups is 1. The zero-order valence-corrected chi connectivity index (χ0v) is 42.5. The molecule has 0 bridgehead atoms. The second-order valence-electron chi connectivity index (χ2n) is 18.1. The van der Waals surface area contributed by atoms with E-state index in [2.05, 4.69) is 171 Å². The molecule has 1 aliphatic rings. The van der Waals surface area contributed by atoms with Gasteiger partial charge in [-0.25, -0.2) is 9.97 Å². The summed E-state index contributed by atoms with van der Waals surface area (Å²) >= 11 is 1.87. The molecule has 343 valence electrons. The first-order valence-electron chi connectivity index (χ1n) is 23.1. The molecule has 12 aromatic rings. The minimum atomic E-state index is -0.175. The summed E-state index contributed by atoms with van der Waals surface area (Å²) in [5, 5.41) is 16.8. The normalized spacial score (nSPS) is 12.6. The third-order valence-electron chi connectivity index (χ3n) is 13.1.